The lowest BCUT2D eigenvalue weighted by Gasteiger charge is -2.34. The number of likely N-dealkylation sites (tertiary alicyclic amines) is 1. The van der Waals surface area contributed by atoms with Gasteiger partial charge in [0.2, 0.25) is 5.89 Å². The fourth-order valence-electron chi connectivity index (χ4n) is 5.14. The molecule has 3 heterocycles. The Labute approximate surface area is 262 Å². The summed E-state index contributed by atoms with van der Waals surface area (Å²) in [7, 11) is -2.73. The number of carbonyl (C=O) groups is 2. The molecule has 0 bridgehead atoms. The molecule has 2 aromatic carbocycles. The number of rotatable bonds is 5. The number of ether oxygens (including phenoxy) is 1. The van der Waals surface area contributed by atoms with Crippen LogP contribution in [0.2, 0.25) is 5.02 Å². The van der Waals surface area contributed by atoms with Crippen molar-refractivity contribution >= 4 is 39.1 Å². The normalized spacial score (nSPS) is 21.6. The largest absolute Gasteiger partial charge is 0.444 e. The topological polar surface area (TPSA) is 135 Å². The zero-order chi connectivity index (χ0) is 32.9. The van der Waals surface area contributed by atoms with Crippen molar-refractivity contribution in [2.75, 3.05) is 30.8 Å². The molecule has 1 N–H and O–H groups in total. The first-order valence-electron chi connectivity index (χ1n) is 14.0. The Hall–Kier alpha value is -3.69. The van der Waals surface area contributed by atoms with Crippen molar-refractivity contribution < 1.29 is 40.3 Å². The number of likely N-dealkylation sites (N-methyl/N-ethyl adjacent to an activating group) is 1. The van der Waals surface area contributed by atoms with Gasteiger partial charge in [-0.25, -0.2) is 26.4 Å². The van der Waals surface area contributed by atoms with Crippen LogP contribution in [-0.4, -0.2) is 79.0 Å². The van der Waals surface area contributed by atoms with Crippen LogP contribution in [-0.2, 0) is 25.9 Å². The van der Waals surface area contributed by atoms with Crippen molar-refractivity contribution in [3.05, 3.63) is 58.7 Å². The lowest BCUT2D eigenvalue weighted by atomic mass is 9.94. The number of sulfone groups is 1. The minimum absolute atomic E-state index is 0.0744. The molecule has 1 fully saturated rings. The van der Waals surface area contributed by atoms with Crippen LogP contribution in [0.25, 0.3) is 11.5 Å². The Morgan fingerprint density at radius 1 is 1.20 bits per heavy atom. The smallest absolute Gasteiger partial charge is 0.408 e. The SMILES string of the molecule is CN1CCC(F)(F)C(c2nnc(-c3cc4c(cc3F)S(=O)(=O)C[C@H](NC(=O)OC(C)(C)C)C(=O)N4Cc3ccc(Cl)cc3)o2)C1. The number of halogens is 4. The van der Waals surface area contributed by atoms with Crippen LogP contribution in [0.5, 0.6) is 0 Å². The molecule has 16 heteroatoms. The van der Waals surface area contributed by atoms with Crippen molar-refractivity contribution in [2.24, 2.45) is 0 Å². The van der Waals surface area contributed by atoms with Gasteiger partial charge in [-0.05, 0) is 57.6 Å². The third-order valence-electron chi connectivity index (χ3n) is 7.37. The lowest BCUT2D eigenvalue weighted by molar-refractivity contribution is -0.120. The summed E-state index contributed by atoms with van der Waals surface area (Å²) in [6.07, 6.45) is -1.46. The fourth-order valence-corrected chi connectivity index (χ4v) is 6.88. The number of hydrogen-bond donors (Lipinski definition) is 1. The molecule has 2 aliphatic heterocycles. The van der Waals surface area contributed by atoms with Gasteiger partial charge < -0.3 is 24.3 Å². The number of carbonyl (C=O) groups excluding carboxylic acids is 2. The fraction of sp³-hybridized carbons (Fsp3) is 0.448. The summed E-state index contributed by atoms with van der Waals surface area (Å²) in [6, 6.07) is 6.53. The molecular weight excluding hydrogens is 639 g/mol. The number of alkyl halides is 2. The molecule has 2 atom stereocenters. The molecule has 0 radical (unpaired) electrons. The zero-order valence-electron chi connectivity index (χ0n) is 24.8. The molecule has 5 rings (SSSR count). The standard InChI is InChI=1S/C29H31ClF3N5O6S/c1-28(2,3)44-27(40)34-21-15-45(41,42)23-12-20(31)18(11-22(23)38(26(21)39)13-16-5-7-17(30)8-6-16)24-35-36-25(43-24)19-14-37(4)10-9-29(19,32)33/h5-8,11-12,19,21H,9-10,13-15H2,1-4H3,(H,34,40)/t19?,21-/m0/s1. The van der Waals surface area contributed by atoms with Crippen molar-refractivity contribution in [3.8, 4) is 11.5 Å². The van der Waals surface area contributed by atoms with Gasteiger partial charge in [0.15, 0.2) is 9.84 Å². The second kappa shape index (κ2) is 11.9. The van der Waals surface area contributed by atoms with Gasteiger partial charge >= 0.3 is 6.09 Å². The number of hydrogen-bond acceptors (Lipinski definition) is 9. The predicted octanol–water partition coefficient (Wildman–Crippen LogP) is 4.80. The number of benzene rings is 2. The molecule has 11 nitrogen and oxygen atoms in total. The number of alkyl carbamates (subject to hydrolysis) is 1. The van der Waals surface area contributed by atoms with Crippen LogP contribution in [0.3, 0.4) is 0 Å². The van der Waals surface area contributed by atoms with E-state index in [9.17, 15) is 26.8 Å². The van der Waals surface area contributed by atoms with E-state index in [2.05, 4.69) is 15.5 Å². The average Bonchev–Trinajstić information content (AvgIpc) is 3.39. The Morgan fingerprint density at radius 3 is 2.56 bits per heavy atom. The molecule has 2 amide bonds. The van der Waals surface area contributed by atoms with E-state index in [0.29, 0.717) is 16.7 Å². The summed E-state index contributed by atoms with van der Waals surface area (Å²) in [5.74, 6) is -8.27. The van der Waals surface area contributed by atoms with Gasteiger partial charge in [-0.1, -0.05) is 23.7 Å². The molecule has 0 saturated carbocycles. The summed E-state index contributed by atoms with van der Waals surface area (Å²) < 4.78 is 83.0. The molecule has 0 spiro atoms. The van der Waals surface area contributed by atoms with Gasteiger partial charge in [0, 0.05) is 24.5 Å². The Morgan fingerprint density at radius 2 is 1.89 bits per heavy atom. The van der Waals surface area contributed by atoms with Crippen molar-refractivity contribution in [3.63, 3.8) is 0 Å². The molecular formula is C29H31ClF3N5O6S. The zero-order valence-corrected chi connectivity index (χ0v) is 26.4. The van der Waals surface area contributed by atoms with Gasteiger partial charge in [-0.15, -0.1) is 10.2 Å². The molecule has 1 unspecified atom stereocenters. The molecule has 1 aromatic heterocycles. The summed E-state index contributed by atoms with van der Waals surface area (Å²) in [5, 5.41) is 10.3. The van der Waals surface area contributed by atoms with Gasteiger partial charge in [0.1, 0.15) is 23.4 Å². The van der Waals surface area contributed by atoms with Crippen LogP contribution in [0.1, 0.15) is 44.6 Å². The van der Waals surface area contributed by atoms with Gasteiger partial charge in [-0.3, -0.25) is 4.79 Å². The van der Waals surface area contributed by atoms with Gasteiger partial charge in [0.25, 0.3) is 17.7 Å². The second-order valence-electron chi connectivity index (χ2n) is 12.1. The van der Waals surface area contributed by atoms with E-state index in [4.69, 9.17) is 20.8 Å². The maximum atomic E-state index is 15.6. The highest BCUT2D eigenvalue weighted by atomic mass is 35.5. The van der Waals surface area contributed by atoms with Crippen LogP contribution in [0.15, 0.2) is 45.7 Å². The van der Waals surface area contributed by atoms with Crippen molar-refractivity contribution in [2.45, 2.75) is 62.1 Å². The third kappa shape index (κ3) is 7.10. The first-order valence-corrected chi connectivity index (χ1v) is 16.0. The highest BCUT2D eigenvalue weighted by molar-refractivity contribution is 7.91. The Balaban J connectivity index is 1.59. The predicted molar refractivity (Wildman–Crippen MR) is 157 cm³/mol. The molecule has 2 aliphatic rings. The van der Waals surface area contributed by atoms with Crippen molar-refractivity contribution in [1.29, 1.82) is 0 Å². The maximum absolute atomic E-state index is 15.6. The van der Waals surface area contributed by atoms with E-state index >= 15 is 4.39 Å². The number of amides is 2. The van der Waals surface area contributed by atoms with E-state index in [0.717, 1.165) is 11.0 Å². The molecule has 242 valence electrons. The number of aromatic nitrogens is 2. The quantitative estimate of drug-likeness (QED) is 0.407. The minimum Gasteiger partial charge on any atom is -0.444 e. The number of nitrogens with zero attached hydrogens (tertiary/aromatic N) is 4. The summed E-state index contributed by atoms with van der Waals surface area (Å²) in [6.45, 7) is 4.69. The first kappa shape index (κ1) is 32.7. The van der Waals surface area contributed by atoms with Gasteiger partial charge in [-0.2, -0.15) is 0 Å². The highest BCUT2D eigenvalue weighted by Gasteiger charge is 2.47. The van der Waals surface area contributed by atoms with Crippen LogP contribution in [0.4, 0.5) is 23.7 Å². The van der Waals surface area contributed by atoms with E-state index < -0.39 is 85.6 Å². The number of anilines is 1. The number of piperidine rings is 1. The van der Waals surface area contributed by atoms with E-state index in [1.807, 2.05) is 0 Å². The molecule has 1 saturated heterocycles. The summed E-state index contributed by atoms with van der Waals surface area (Å²) in [5.41, 5.74) is -1.05. The second-order valence-corrected chi connectivity index (χ2v) is 14.5. The number of fused-ring (bicyclic) bond motifs is 1. The minimum atomic E-state index is -4.40. The van der Waals surface area contributed by atoms with E-state index in [1.165, 1.54) is 0 Å². The Kier molecular flexibility index (Phi) is 8.66. The van der Waals surface area contributed by atoms with Crippen LogP contribution >= 0.6 is 11.6 Å². The third-order valence-corrected chi connectivity index (χ3v) is 9.39. The lowest BCUT2D eigenvalue weighted by Crippen LogP contribution is -2.51. The highest BCUT2D eigenvalue weighted by Crippen LogP contribution is 2.41. The molecule has 45 heavy (non-hydrogen) atoms. The molecule has 3 aromatic rings. The average molecular weight is 670 g/mol. The summed E-state index contributed by atoms with van der Waals surface area (Å²) in [4.78, 5) is 28.8. The van der Waals surface area contributed by atoms with Crippen LogP contribution in [0, 0.1) is 5.82 Å². The Bertz CT molecular complexity index is 1730. The number of nitrogens with one attached hydrogen (secondary N) is 1. The molecule has 0 aliphatic carbocycles. The van der Waals surface area contributed by atoms with Gasteiger partial charge in [0.05, 0.1) is 28.4 Å². The van der Waals surface area contributed by atoms with Crippen molar-refractivity contribution in [1.82, 2.24) is 20.4 Å². The monoisotopic (exact) mass is 669 g/mol. The summed E-state index contributed by atoms with van der Waals surface area (Å²) >= 11 is 6.01. The maximum Gasteiger partial charge on any atom is 0.408 e. The van der Waals surface area contributed by atoms with E-state index in [-0.39, 0.29) is 25.3 Å². The first-order chi connectivity index (χ1) is 20.9. The van der Waals surface area contributed by atoms with Crippen LogP contribution < -0.4 is 10.2 Å². The van der Waals surface area contributed by atoms with E-state index in [1.54, 1.807) is 57.0 Å².